The van der Waals surface area contributed by atoms with Crippen molar-refractivity contribution in [3.63, 3.8) is 0 Å². The summed E-state index contributed by atoms with van der Waals surface area (Å²) in [6.07, 6.45) is 2.00. The van der Waals surface area contributed by atoms with E-state index in [-0.39, 0.29) is 17.8 Å². The monoisotopic (exact) mass is 480 g/mol. The van der Waals surface area contributed by atoms with Gasteiger partial charge in [0.2, 0.25) is 11.1 Å². The number of hydrogen-bond acceptors (Lipinski definition) is 8. The van der Waals surface area contributed by atoms with Gasteiger partial charge < -0.3 is 4.74 Å². The molecule has 5 rings (SSSR count). The summed E-state index contributed by atoms with van der Waals surface area (Å²) in [5, 5.41) is 13.5. The molecule has 1 amide bonds. The lowest BCUT2D eigenvalue weighted by atomic mass is 10.1. The highest BCUT2D eigenvalue weighted by molar-refractivity contribution is 7.99. The van der Waals surface area contributed by atoms with E-state index in [0.717, 1.165) is 46.5 Å². The number of anilines is 1. The number of thioether (sulfide) groups is 1. The Balaban J connectivity index is 1.37. The molecule has 1 aliphatic rings. The molecule has 2 aromatic heterocycles. The second kappa shape index (κ2) is 9.58. The van der Waals surface area contributed by atoms with Crippen LogP contribution in [-0.4, -0.2) is 56.1 Å². The number of carbonyl (C=O) groups is 1. The van der Waals surface area contributed by atoms with Crippen molar-refractivity contribution in [2.75, 3.05) is 23.8 Å². The lowest BCUT2D eigenvalue weighted by Crippen LogP contribution is -2.38. The van der Waals surface area contributed by atoms with Gasteiger partial charge in [0.15, 0.2) is 5.13 Å². The van der Waals surface area contributed by atoms with Crippen molar-refractivity contribution in [1.29, 1.82) is 0 Å². The zero-order chi connectivity index (χ0) is 22.8. The fourth-order valence-electron chi connectivity index (χ4n) is 3.83. The maximum Gasteiger partial charge on any atom is 0.239 e. The molecule has 10 heteroatoms. The molecule has 0 radical (unpaired) electrons. The number of aryl methyl sites for hydroxylation is 2. The molecule has 0 spiro atoms. The van der Waals surface area contributed by atoms with Gasteiger partial charge in [0.25, 0.3) is 0 Å². The molecule has 1 atom stereocenters. The molecule has 1 aliphatic heterocycles. The maximum absolute atomic E-state index is 13.4. The maximum atomic E-state index is 13.4. The van der Waals surface area contributed by atoms with E-state index >= 15 is 0 Å². The standard InChI is InChI=1S/C23H24N6O2S2/c1-15-9-10-16(2)19(12-15)29-23(25-26-27-29)32-14-21(30)28(13-17-6-5-11-31-17)22-24-18-7-3-4-8-20(18)33-22/h3-4,7-10,12,17H,5-6,11,13-14H2,1-2H3. The number of amides is 1. The summed E-state index contributed by atoms with van der Waals surface area (Å²) >= 11 is 2.86. The van der Waals surface area contributed by atoms with Gasteiger partial charge in [-0.3, -0.25) is 9.69 Å². The molecule has 1 unspecified atom stereocenters. The van der Waals surface area contributed by atoms with Crippen LogP contribution in [0.25, 0.3) is 15.9 Å². The number of para-hydroxylation sites is 1. The fraction of sp³-hybridized carbons (Fsp3) is 0.348. The molecule has 3 heterocycles. The van der Waals surface area contributed by atoms with Gasteiger partial charge in [-0.1, -0.05) is 47.4 Å². The molecule has 33 heavy (non-hydrogen) atoms. The smallest absolute Gasteiger partial charge is 0.239 e. The fourth-order valence-corrected chi connectivity index (χ4v) is 5.58. The van der Waals surface area contributed by atoms with Gasteiger partial charge in [-0.05, 0) is 66.4 Å². The number of hydrogen-bond donors (Lipinski definition) is 0. The highest BCUT2D eigenvalue weighted by atomic mass is 32.2. The van der Waals surface area contributed by atoms with E-state index in [0.29, 0.717) is 16.8 Å². The van der Waals surface area contributed by atoms with Crippen molar-refractivity contribution in [1.82, 2.24) is 25.2 Å². The Morgan fingerprint density at radius 2 is 2.15 bits per heavy atom. The third-order valence-corrected chi connectivity index (χ3v) is 7.55. The first-order valence-corrected chi connectivity index (χ1v) is 12.6. The number of nitrogens with zero attached hydrogens (tertiary/aromatic N) is 6. The molecular formula is C23H24N6O2S2. The molecular weight excluding hydrogens is 456 g/mol. The van der Waals surface area contributed by atoms with E-state index in [9.17, 15) is 4.79 Å². The molecule has 170 valence electrons. The Kier molecular flexibility index (Phi) is 6.39. The Hall–Kier alpha value is -2.82. The zero-order valence-corrected chi connectivity index (χ0v) is 20.1. The third kappa shape index (κ3) is 4.78. The lowest BCUT2D eigenvalue weighted by molar-refractivity contribution is -0.116. The van der Waals surface area contributed by atoms with E-state index in [1.807, 2.05) is 50.2 Å². The number of benzene rings is 2. The summed E-state index contributed by atoms with van der Waals surface area (Å²) in [6, 6.07) is 14.1. The molecule has 0 N–H and O–H groups in total. The van der Waals surface area contributed by atoms with Crippen molar-refractivity contribution in [2.24, 2.45) is 0 Å². The number of ether oxygens (including phenoxy) is 1. The Morgan fingerprint density at radius 1 is 1.27 bits per heavy atom. The van der Waals surface area contributed by atoms with Gasteiger partial charge in [-0.15, -0.1) is 5.10 Å². The minimum Gasteiger partial charge on any atom is -0.376 e. The van der Waals surface area contributed by atoms with Crippen LogP contribution in [0, 0.1) is 13.8 Å². The molecule has 1 saturated heterocycles. The Labute approximate surface area is 200 Å². The van der Waals surface area contributed by atoms with Gasteiger partial charge in [0, 0.05) is 6.61 Å². The Morgan fingerprint density at radius 3 is 2.97 bits per heavy atom. The van der Waals surface area contributed by atoms with Crippen molar-refractivity contribution in [3.05, 3.63) is 53.6 Å². The number of thiazole rings is 1. The topological polar surface area (TPSA) is 86.0 Å². The van der Waals surface area contributed by atoms with Crippen LogP contribution in [0.15, 0.2) is 47.6 Å². The van der Waals surface area contributed by atoms with E-state index in [2.05, 4.69) is 21.6 Å². The van der Waals surface area contributed by atoms with Crippen molar-refractivity contribution in [3.8, 4) is 5.69 Å². The van der Waals surface area contributed by atoms with Gasteiger partial charge in [-0.25, -0.2) is 4.98 Å². The summed E-state index contributed by atoms with van der Waals surface area (Å²) in [6.45, 7) is 5.30. The first kappa shape index (κ1) is 22.0. The minimum atomic E-state index is -0.0370. The Bertz CT molecular complexity index is 1250. The van der Waals surface area contributed by atoms with E-state index in [1.165, 1.54) is 23.1 Å². The highest BCUT2D eigenvalue weighted by Crippen LogP contribution is 2.31. The van der Waals surface area contributed by atoms with E-state index in [1.54, 1.807) is 9.58 Å². The SMILES string of the molecule is Cc1ccc(C)c(-n2nnnc2SCC(=O)N(CC2CCCO2)c2nc3ccccc3s2)c1. The first-order valence-electron chi connectivity index (χ1n) is 10.8. The number of carbonyl (C=O) groups excluding carboxylic acids is 1. The lowest BCUT2D eigenvalue weighted by Gasteiger charge is -2.22. The molecule has 0 saturated carbocycles. The number of rotatable bonds is 7. The van der Waals surface area contributed by atoms with Crippen LogP contribution in [0.1, 0.15) is 24.0 Å². The van der Waals surface area contributed by atoms with Gasteiger partial charge in [0.1, 0.15) is 0 Å². The van der Waals surface area contributed by atoms with Crippen LogP contribution in [0.4, 0.5) is 5.13 Å². The van der Waals surface area contributed by atoms with Gasteiger partial charge >= 0.3 is 0 Å². The highest BCUT2D eigenvalue weighted by Gasteiger charge is 2.27. The number of fused-ring (bicyclic) bond motifs is 1. The largest absolute Gasteiger partial charge is 0.376 e. The van der Waals surface area contributed by atoms with Crippen molar-refractivity contribution in [2.45, 2.75) is 37.9 Å². The van der Waals surface area contributed by atoms with Crippen LogP contribution < -0.4 is 4.90 Å². The molecule has 8 nitrogen and oxygen atoms in total. The van der Waals surface area contributed by atoms with Gasteiger partial charge in [-0.2, -0.15) is 4.68 Å². The normalized spacial score (nSPS) is 15.9. The average Bonchev–Trinajstić information content (AvgIpc) is 3.57. The van der Waals surface area contributed by atoms with Crippen LogP contribution in [0.5, 0.6) is 0 Å². The predicted molar refractivity (Wildman–Crippen MR) is 130 cm³/mol. The number of aromatic nitrogens is 5. The average molecular weight is 481 g/mol. The second-order valence-corrected chi connectivity index (χ2v) is 10.0. The van der Waals surface area contributed by atoms with Gasteiger partial charge in [0.05, 0.1) is 34.3 Å². The van der Waals surface area contributed by atoms with Crippen molar-refractivity contribution >= 4 is 44.4 Å². The summed E-state index contributed by atoms with van der Waals surface area (Å²) in [5.41, 5.74) is 4.00. The molecule has 0 aliphatic carbocycles. The summed E-state index contributed by atoms with van der Waals surface area (Å²) in [4.78, 5) is 19.9. The molecule has 4 aromatic rings. The number of tetrazole rings is 1. The van der Waals surface area contributed by atoms with Crippen LogP contribution in [0.3, 0.4) is 0 Å². The van der Waals surface area contributed by atoms with E-state index in [4.69, 9.17) is 9.72 Å². The zero-order valence-electron chi connectivity index (χ0n) is 18.5. The summed E-state index contributed by atoms with van der Waals surface area (Å²) in [7, 11) is 0. The van der Waals surface area contributed by atoms with Crippen molar-refractivity contribution < 1.29 is 9.53 Å². The predicted octanol–water partition coefficient (Wildman–Crippen LogP) is 4.19. The van der Waals surface area contributed by atoms with Crippen LogP contribution in [-0.2, 0) is 9.53 Å². The summed E-state index contributed by atoms with van der Waals surface area (Å²) in [5.74, 6) is 0.165. The van der Waals surface area contributed by atoms with Crippen LogP contribution in [0.2, 0.25) is 0 Å². The molecule has 0 bridgehead atoms. The molecule has 2 aromatic carbocycles. The first-order chi connectivity index (χ1) is 16.1. The summed E-state index contributed by atoms with van der Waals surface area (Å²) < 4.78 is 8.58. The minimum absolute atomic E-state index is 0.0335. The van der Waals surface area contributed by atoms with Crippen LogP contribution >= 0.6 is 23.1 Å². The van der Waals surface area contributed by atoms with E-state index < -0.39 is 0 Å². The quantitative estimate of drug-likeness (QED) is 0.367. The third-order valence-electron chi connectivity index (χ3n) is 5.58. The second-order valence-electron chi connectivity index (χ2n) is 8.06. The molecule has 1 fully saturated rings.